The summed E-state index contributed by atoms with van der Waals surface area (Å²) in [4.78, 5) is 37.4. The summed E-state index contributed by atoms with van der Waals surface area (Å²) in [5.74, 6) is -2.50. The fourth-order valence-electron chi connectivity index (χ4n) is 6.46. The Labute approximate surface area is 421 Å². The molecule has 0 spiro atoms. The van der Waals surface area contributed by atoms with E-state index in [1.165, 1.54) is 0 Å². The summed E-state index contributed by atoms with van der Waals surface area (Å²) in [7, 11) is -3.98. The number of carbonyl (C=O) groups excluding carboxylic acids is 3. The van der Waals surface area contributed by atoms with Crippen LogP contribution >= 0.6 is 0 Å². The lowest BCUT2D eigenvalue weighted by atomic mass is 9.91. The molecular weight excluding hydrogens is 971 g/mol. The van der Waals surface area contributed by atoms with Crippen LogP contribution in [0.2, 0.25) is 36.3 Å². The van der Waals surface area contributed by atoms with Gasteiger partial charge in [0.25, 0.3) is 0 Å². The van der Waals surface area contributed by atoms with E-state index in [2.05, 4.69) is 73.0 Å². The molecule has 1 amide bonds. The number of benzene rings is 2. The molecule has 0 saturated carbocycles. The minimum atomic E-state index is -5.03. The van der Waals surface area contributed by atoms with Crippen LogP contribution in [0.5, 0.6) is 0 Å². The lowest BCUT2D eigenvalue weighted by Crippen LogP contribution is -2.57. The number of alkyl carbamates (subject to hydrolysis) is 1. The van der Waals surface area contributed by atoms with Crippen molar-refractivity contribution in [2.75, 3.05) is 39.5 Å². The van der Waals surface area contributed by atoms with Crippen LogP contribution in [0.3, 0.4) is 0 Å². The summed E-state index contributed by atoms with van der Waals surface area (Å²) in [6.45, 7) is 27.9. The minimum absolute atomic E-state index is 0.00709. The Morgan fingerprint density at radius 2 is 0.944 bits per heavy atom. The molecule has 71 heavy (non-hydrogen) atoms. The predicted molar refractivity (Wildman–Crippen MR) is 269 cm³/mol. The fourth-order valence-corrected chi connectivity index (χ4v) is 9.31. The Hall–Kier alpha value is -3.22. The highest BCUT2D eigenvalue weighted by Crippen LogP contribution is 2.42. The highest BCUT2D eigenvalue weighted by atomic mass is 28.4. The van der Waals surface area contributed by atoms with Crippen molar-refractivity contribution in [1.82, 2.24) is 5.32 Å². The predicted octanol–water partition coefficient (Wildman–Crippen LogP) is 12.0. The van der Waals surface area contributed by atoms with E-state index in [-0.39, 0.29) is 68.2 Å². The summed E-state index contributed by atoms with van der Waals surface area (Å²) >= 11 is 0. The van der Waals surface area contributed by atoms with Crippen LogP contribution in [0.15, 0.2) is 60.7 Å². The van der Waals surface area contributed by atoms with Gasteiger partial charge in [0.2, 0.25) is 11.2 Å². The lowest BCUT2D eigenvalue weighted by Gasteiger charge is -2.38. The monoisotopic (exact) mass is 1050 g/mol. The molecule has 0 saturated heterocycles. The van der Waals surface area contributed by atoms with E-state index in [1.54, 1.807) is 81.4 Å². The first-order valence-electron chi connectivity index (χ1n) is 24.1. The van der Waals surface area contributed by atoms with E-state index in [1.807, 2.05) is 13.8 Å². The van der Waals surface area contributed by atoms with Gasteiger partial charge in [-0.1, -0.05) is 102 Å². The zero-order valence-electron chi connectivity index (χ0n) is 44.8. The molecule has 0 radical (unpaired) electrons. The van der Waals surface area contributed by atoms with Crippen LogP contribution in [0.4, 0.5) is 31.1 Å². The van der Waals surface area contributed by atoms with E-state index < -0.39 is 96.0 Å². The molecule has 0 bridgehead atoms. The van der Waals surface area contributed by atoms with Crippen molar-refractivity contribution in [2.45, 2.75) is 193 Å². The van der Waals surface area contributed by atoms with Crippen LogP contribution < -0.4 is 11.1 Å². The number of carbonyl (C=O) groups is 3. The van der Waals surface area contributed by atoms with Crippen LogP contribution in [0.1, 0.15) is 113 Å². The highest BCUT2D eigenvalue weighted by molar-refractivity contribution is 6.74. The van der Waals surface area contributed by atoms with Gasteiger partial charge in [-0.3, -0.25) is 9.59 Å². The molecule has 0 fully saturated rings. The molecule has 2 aromatic carbocycles. The standard InChI is InChI=1S/C28H46F3NO6Si.C23H38F3NO4Si/c1-21(38-39(8,9)26(5,6)7)19-35-17-13-16-27(28(29,30)31,36-20-22-14-11-10-12-15-22)23(33)18-32-24(34)37-25(2,3)4;1-18(31-32(5,6)21(2,3)4)16-29-14-10-13-22(20(28)15-27,23(24,25)26)30-17-19-11-8-7-9-12-19/h10-12,14-15,21H,13,16-20H2,1-9H3,(H,32,34);7-9,11-12,18H,10,13-17,27H2,1-6H3/t21-,27+;18-,22+/m00/s1. The number of halogens is 6. The summed E-state index contributed by atoms with van der Waals surface area (Å²) in [6.07, 6.45) is -12.7. The second-order valence-corrected chi connectivity index (χ2v) is 31.4. The van der Waals surface area contributed by atoms with Gasteiger partial charge in [0.05, 0.1) is 51.7 Å². The zero-order chi connectivity index (χ0) is 54.8. The Balaban J connectivity index is 0.000000724. The van der Waals surface area contributed by atoms with Crippen LogP contribution in [-0.4, -0.2) is 115 Å². The second-order valence-electron chi connectivity index (χ2n) is 21.8. The lowest BCUT2D eigenvalue weighted by molar-refractivity contribution is -0.272. The summed E-state index contributed by atoms with van der Waals surface area (Å²) in [5.41, 5.74) is -0.629. The van der Waals surface area contributed by atoms with Crippen molar-refractivity contribution >= 4 is 34.3 Å². The molecule has 2 rings (SSSR count). The zero-order valence-corrected chi connectivity index (χ0v) is 46.8. The van der Waals surface area contributed by atoms with Gasteiger partial charge >= 0.3 is 18.4 Å². The second kappa shape index (κ2) is 27.9. The molecule has 0 heterocycles. The quantitative estimate of drug-likeness (QED) is 0.0499. The highest BCUT2D eigenvalue weighted by Gasteiger charge is 2.61. The number of ketones is 2. The maximum absolute atomic E-state index is 14.5. The van der Waals surface area contributed by atoms with E-state index >= 15 is 0 Å². The molecule has 20 heteroatoms. The maximum atomic E-state index is 14.5. The largest absolute Gasteiger partial charge is 0.444 e. The third kappa shape index (κ3) is 22.0. The smallest absolute Gasteiger partial charge is 0.424 e. The average molecular weight is 1060 g/mol. The van der Waals surface area contributed by atoms with Crippen molar-refractivity contribution in [3.05, 3.63) is 71.8 Å². The Bertz CT molecular complexity index is 1890. The first-order valence-corrected chi connectivity index (χ1v) is 29.9. The number of nitrogens with two attached hydrogens (primary N) is 1. The summed E-state index contributed by atoms with van der Waals surface area (Å²) in [6, 6.07) is 16.7. The van der Waals surface area contributed by atoms with Crippen LogP contribution in [0, 0.1) is 0 Å². The number of alkyl halides is 6. The van der Waals surface area contributed by atoms with Crippen molar-refractivity contribution in [3.8, 4) is 0 Å². The Kier molecular flexibility index (Phi) is 25.9. The number of rotatable bonds is 27. The van der Waals surface area contributed by atoms with Crippen LogP contribution in [0.25, 0.3) is 0 Å². The van der Waals surface area contributed by atoms with Gasteiger partial charge in [-0.2, -0.15) is 26.3 Å². The van der Waals surface area contributed by atoms with Crippen molar-refractivity contribution in [1.29, 1.82) is 0 Å². The molecule has 0 aromatic heterocycles. The first kappa shape index (κ1) is 65.8. The molecular formula is C51H84F6N2O10Si2. The average Bonchev–Trinajstić information content (AvgIpc) is 3.22. The van der Waals surface area contributed by atoms with Crippen molar-refractivity contribution < 1.29 is 73.3 Å². The molecule has 0 aliphatic carbocycles. The number of amides is 1. The minimum Gasteiger partial charge on any atom is -0.444 e. The van der Waals surface area contributed by atoms with Crippen LogP contribution in [-0.2, 0) is 55.3 Å². The number of nitrogens with one attached hydrogen (secondary N) is 1. The molecule has 12 nitrogen and oxygen atoms in total. The fraction of sp³-hybridized carbons (Fsp3) is 0.706. The molecule has 2 aromatic rings. The first-order chi connectivity index (χ1) is 32.4. The summed E-state index contributed by atoms with van der Waals surface area (Å²) < 4.78 is 125. The maximum Gasteiger partial charge on any atom is 0.424 e. The van der Waals surface area contributed by atoms with Gasteiger partial charge in [0.1, 0.15) is 5.60 Å². The molecule has 0 unspecified atom stereocenters. The molecule has 0 aliphatic heterocycles. The number of hydrogen-bond donors (Lipinski definition) is 2. The van der Waals surface area contributed by atoms with E-state index in [0.717, 1.165) is 0 Å². The van der Waals surface area contributed by atoms with Gasteiger partial charge in [0.15, 0.2) is 28.2 Å². The topological polar surface area (TPSA) is 154 Å². The van der Waals surface area contributed by atoms with Gasteiger partial charge in [-0.25, -0.2) is 4.79 Å². The molecule has 408 valence electrons. The van der Waals surface area contributed by atoms with Crippen molar-refractivity contribution in [3.63, 3.8) is 0 Å². The number of hydrogen-bond acceptors (Lipinski definition) is 11. The van der Waals surface area contributed by atoms with Crippen molar-refractivity contribution in [2.24, 2.45) is 5.73 Å². The Morgan fingerprint density at radius 3 is 1.25 bits per heavy atom. The molecule has 4 atom stereocenters. The normalized spacial score (nSPS) is 15.6. The van der Waals surface area contributed by atoms with Gasteiger partial charge in [0, 0.05) is 13.2 Å². The molecule has 3 N–H and O–H groups in total. The van der Waals surface area contributed by atoms with E-state index in [4.69, 9.17) is 38.3 Å². The van der Waals surface area contributed by atoms with Gasteiger partial charge in [-0.15, -0.1) is 0 Å². The third-order valence-electron chi connectivity index (χ3n) is 12.4. The number of Topliss-reactive ketones (excluding diaryl/α,β-unsaturated/α-hetero) is 2. The molecule has 0 aliphatic rings. The summed E-state index contributed by atoms with van der Waals surface area (Å²) in [5, 5.41) is 2.19. The Morgan fingerprint density at radius 1 is 0.592 bits per heavy atom. The third-order valence-corrected chi connectivity index (χ3v) is 21.6. The SMILES string of the molecule is C[C@@H](COCCC[C@@](OCc1ccccc1)(C(=O)CN)C(F)(F)F)O[Si](C)(C)C(C)(C)C.C[C@@H](COCCC[C@@](OCc1ccccc1)(C(=O)CNC(=O)OC(C)(C)C)C(F)(F)F)O[Si](C)(C)C(C)(C)C. The van der Waals surface area contributed by atoms with E-state index in [9.17, 15) is 40.7 Å². The van der Waals surface area contributed by atoms with Gasteiger partial charge in [-0.05, 0) is 108 Å². The van der Waals surface area contributed by atoms with E-state index in [0.29, 0.717) is 11.1 Å². The number of ether oxygens (including phenoxy) is 5. The van der Waals surface area contributed by atoms with Gasteiger partial charge < -0.3 is 43.6 Å².